The van der Waals surface area contributed by atoms with Crippen molar-refractivity contribution in [3.63, 3.8) is 0 Å². The van der Waals surface area contributed by atoms with E-state index >= 15 is 0 Å². The molecule has 4 heterocycles. The van der Waals surface area contributed by atoms with Crippen molar-refractivity contribution in [2.45, 2.75) is 113 Å². The Morgan fingerprint density at radius 3 is 2.26 bits per heavy atom. The summed E-state index contributed by atoms with van der Waals surface area (Å²) in [6, 6.07) is 3.68. The lowest BCUT2D eigenvalue weighted by molar-refractivity contribution is 0.0201. The maximum atomic E-state index is 12.9. The van der Waals surface area contributed by atoms with Crippen LogP contribution in [0, 0.1) is 13.8 Å². The van der Waals surface area contributed by atoms with E-state index in [9.17, 15) is 9.59 Å². The summed E-state index contributed by atoms with van der Waals surface area (Å²) in [4.78, 5) is 38.5. The number of alkyl halides is 1. The molecule has 2 amide bonds. The summed E-state index contributed by atoms with van der Waals surface area (Å²) in [7, 11) is 1.68. The fourth-order valence-corrected chi connectivity index (χ4v) is 5.06. The van der Waals surface area contributed by atoms with Crippen LogP contribution in [-0.4, -0.2) is 70.9 Å². The van der Waals surface area contributed by atoms with Gasteiger partial charge in [0.05, 0.1) is 18.0 Å². The largest absolute Gasteiger partial charge is 0.491 e. The molecule has 256 valence electrons. The zero-order chi connectivity index (χ0) is 35.0. The van der Waals surface area contributed by atoms with Crippen LogP contribution < -0.4 is 15.0 Å². The van der Waals surface area contributed by atoms with Gasteiger partial charge in [0.2, 0.25) is 0 Å². The number of fused-ring (bicyclic) bond motifs is 1. The van der Waals surface area contributed by atoms with Crippen molar-refractivity contribution >= 4 is 46.7 Å². The number of nitrogens with zero attached hydrogens (tertiary/aromatic N) is 4. The number of ether oxygens (including phenoxy) is 3. The molecule has 46 heavy (non-hydrogen) atoms. The highest BCUT2D eigenvalue weighted by molar-refractivity contribution is 6.15. The molecule has 0 spiro atoms. The van der Waals surface area contributed by atoms with Crippen LogP contribution in [0.5, 0.6) is 5.75 Å². The first-order valence-electron chi connectivity index (χ1n) is 16.0. The zero-order valence-electron chi connectivity index (χ0n) is 30.1. The Bertz CT molecular complexity index is 1400. The molecule has 10 nitrogen and oxygen atoms in total. The van der Waals surface area contributed by atoms with Gasteiger partial charge in [-0.25, -0.2) is 19.6 Å². The number of rotatable bonds is 4. The average molecular weight is 660 g/mol. The van der Waals surface area contributed by atoms with Crippen molar-refractivity contribution in [2.75, 3.05) is 36.8 Å². The number of anilines is 3. The Kier molecular flexibility index (Phi) is 13.7. The molecule has 2 aliphatic heterocycles. The van der Waals surface area contributed by atoms with Crippen molar-refractivity contribution in [2.24, 2.45) is 0 Å². The summed E-state index contributed by atoms with van der Waals surface area (Å²) in [5.41, 5.74) is 4.20. The molecule has 0 aliphatic carbocycles. The van der Waals surface area contributed by atoms with Crippen LogP contribution in [0.15, 0.2) is 18.2 Å². The highest BCUT2D eigenvalue weighted by Crippen LogP contribution is 2.41. The number of carbonyl (C=O) groups is 2. The minimum absolute atomic E-state index is 0.0270. The van der Waals surface area contributed by atoms with E-state index in [2.05, 4.69) is 34.9 Å². The second-order valence-electron chi connectivity index (χ2n) is 13.1. The third-order valence-electron chi connectivity index (χ3n) is 7.14. The van der Waals surface area contributed by atoms with E-state index in [0.29, 0.717) is 36.9 Å². The van der Waals surface area contributed by atoms with Crippen molar-refractivity contribution in [3.8, 4) is 5.75 Å². The van der Waals surface area contributed by atoms with E-state index in [-0.39, 0.29) is 12.1 Å². The number of pyridine rings is 2. The highest BCUT2D eigenvalue weighted by Gasteiger charge is 2.30. The molecule has 0 saturated heterocycles. The van der Waals surface area contributed by atoms with Gasteiger partial charge >= 0.3 is 12.2 Å². The minimum Gasteiger partial charge on any atom is -0.491 e. The fraction of sp³-hybridized carbons (Fsp3) is 0.600. The molecule has 0 radical (unpaired) electrons. The maximum Gasteiger partial charge on any atom is 0.414 e. The zero-order valence-corrected chi connectivity index (χ0v) is 30.8. The topological polar surface area (TPSA) is 106 Å². The molecule has 0 unspecified atom stereocenters. The van der Waals surface area contributed by atoms with E-state index in [1.165, 1.54) is 11.3 Å². The molecule has 1 atom stereocenters. The molecule has 0 fully saturated rings. The SMILES string of the molecule is CC.CCl.Cc1cc(N(C)C(=O)OC(C)(C)C)cc(Nc2nc3c(c(C4=CCN(C(=O)OC(C)(C)C)[C@H](C)CC4)c2C)OCC3)n1. The molecule has 1 N–H and O–H groups in total. The van der Waals surface area contributed by atoms with Crippen LogP contribution in [0.25, 0.3) is 5.57 Å². The number of halogens is 1. The number of hydrogen-bond donors (Lipinski definition) is 1. The van der Waals surface area contributed by atoms with Gasteiger partial charge < -0.3 is 24.4 Å². The van der Waals surface area contributed by atoms with E-state index in [4.69, 9.17) is 19.2 Å². The van der Waals surface area contributed by atoms with Crippen LogP contribution in [0.3, 0.4) is 0 Å². The molecule has 2 aromatic rings. The first-order valence-corrected chi connectivity index (χ1v) is 16.7. The number of carbonyl (C=O) groups excluding carboxylic acids is 2. The fourth-order valence-electron chi connectivity index (χ4n) is 5.06. The molecule has 0 bridgehead atoms. The number of aromatic nitrogens is 2. The number of nitrogens with one attached hydrogen (secondary N) is 1. The molecular formula is C35H54ClN5O5. The number of aryl methyl sites for hydroxylation is 1. The maximum absolute atomic E-state index is 12.9. The number of amides is 2. The van der Waals surface area contributed by atoms with E-state index < -0.39 is 17.3 Å². The Morgan fingerprint density at radius 2 is 1.65 bits per heavy atom. The quantitative estimate of drug-likeness (QED) is 0.325. The Balaban J connectivity index is 0.00000177. The molecule has 2 aliphatic rings. The lowest BCUT2D eigenvalue weighted by atomic mass is 9.94. The average Bonchev–Trinajstić information content (AvgIpc) is 3.34. The van der Waals surface area contributed by atoms with E-state index in [1.54, 1.807) is 11.9 Å². The van der Waals surface area contributed by atoms with Gasteiger partial charge in [-0.3, -0.25) is 4.90 Å². The molecule has 2 aromatic heterocycles. The van der Waals surface area contributed by atoms with Crippen LogP contribution in [0.1, 0.15) is 97.7 Å². The number of hydrogen-bond acceptors (Lipinski definition) is 8. The highest BCUT2D eigenvalue weighted by atomic mass is 35.5. The Hall–Kier alpha value is -3.53. The molecule has 11 heteroatoms. The van der Waals surface area contributed by atoms with Gasteiger partial charge in [-0.15, -0.1) is 11.6 Å². The summed E-state index contributed by atoms with van der Waals surface area (Å²) in [5.74, 6) is 2.06. The van der Waals surface area contributed by atoms with Crippen molar-refractivity contribution in [3.05, 3.63) is 40.7 Å². The number of allylic oxidation sites excluding steroid dienone is 1. The van der Waals surface area contributed by atoms with Crippen molar-refractivity contribution in [1.82, 2.24) is 14.9 Å². The first kappa shape index (κ1) is 38.7. The van der Waals surface area contributed by atoms with Crippen LogP contribution >= 0.6 is 11.6 Å². The third-order valence-corrected chi connectivity index (χ3v) is 7.14. The molecular weight excluding hydrogens is 606 g/mol. The van der Waals surface area contributed by atoms with Gasteiger partial charge in [-0.05, 0) is 86.8 Å². The molecule has 4 rings (SSSR count). The van der Waals surface area contributed by atoms with Gasteiger partial charge in [0.15, 0.2) is 0 Å². The molecule has 0 saturated carbocycles. The van der Waals surface area contributed by atoms with Gasteiger partial charge in [0.1, 0.15) is 28.6 Å². The monoisotopic (exact) mass is 659 g/mol. The second-order valence-corrected chi connectivity index (χ2v) is 13.1. The van der Waals surface area contributed by atoms with Crippen LogP contribution in [-0.2, 0) is 15.9 Å². The Labute approximate surface area is 280 Å². The van der Waals surface area contributed by atoms with E-state index in [0.717, 1.165) is 46.7 Å². The van der Waals surface area contributed by atoms with Gasteiger partial charge in [-0.2, -0.15) is 0 Å². The van der Waals surface area contributed by atoms with Crippen LogP contribution in [0.2, 0.25) is 0 Å². The summed E-state index contributed by atoms with van der Waals surface area (Å²) in [6.07, 6.45) is 5.12. The summed E-state index contributed by atoms with van der Waals surface area (Å²) in [5, 5.41) is 3.41. The normalized spacial score (nSPS) is 15.8. The van der Waals surface area contributed by atoms with Crippen molar-refractivity contribution < 1.29 is 23.8 Å². The first-order chi connectivity index (χ1) is 21.5. The smallest absolute Gasteiger partial charge is 0.414 e. The summed E-state index contributed by atoms with van der Waals surface area (Å²) in [6.45, 7) is 22.1. The lowest BCUT2D eigenvalue weighted by Gasteiger charge is -2.30. The Morgan fingerprint density at radius 1 is 1.02 bits per heavy atom. The second kappa shape index (κ2) is 16.3. The van der Waals surface area contributed by atoms with Gasteiger partial charge in [0, 0.05) is 55.3 Å². The van der Waals surface area contributed by atoms with E-state index in [1.807, 2.05) is 81.4 Å². The van der Waals surface area contributed by atoms with Crippen LogP contribution in [0.4, 0.5) is 26.9 Å². The summed E-state index contributed by atoms with van der Waals surface area (Å²) >= 11 is 4.64. The predicted octanol–water partition coefficient (Wildman–Crippen LogP) is 8.83. The standard InChI is InChI=1S/C32H45N5O5.C2H6.CH3Cl/c1-19-17-23(36(10)29(38)41-31(4,5)6)18-25(33-19)35-28-21(3)26(27-24(34-28)14-16-40-27)22-12-11-20(2)37(15-13-22)30(39)42-32(7,8)9;2*1-2/h13,17-18,20H,11-12,14-16H2,1-10H3,(H,33,34,35);1-2H3;1H3/t20-;;/m1../s1. The van der Waals surface area contributed by atoms with Gasteiger partial charge in [0.25, 0.3) is 0 Å². The predicted molar refractivity (Wildman–Crippen MR) is 188 cm³/mol. The summed E-state index contributed by atoms with van der Waals surface area (Å²) < 4.78 is 17.3. The minimum atomic E-state index is -0.604. The third kappa shape index (κ3) is 10.2. The molecule has 0 aromatic carbocycles. The van der Waals surface area contributed by atoms with Crippen molar-refractivity contribution in [1.29, 1.82) is 0 Å². The lowest BCUT2D eigenvalue weighted by Crippen LogP contribution is -2.41. The van der Waals surface area contributed by atoms with Gasteiger partial charge in [-0.1, -0.05) is 19.9 Å².